The summed E-state index contributed by atoms with van der Waals surface area (Å²) in [6.45, 7) is 7.11. The van der Waals surface area contributed by atoms with E-state index in [1.807, 2.05) is 0 Å². The molecule has 0 saturated heterocycles. The molecule has 0 amide bonds. The lowest BCUT2D eigenvalue weighted by atomic mass is 9.71. The molecule has 27 heavy (non-hydrogen) atoms. The Balaban J connectivity index is 3.89. The third-order valence-electron chi connectivity index (χ3n) is 6.59. The maximum absolute atomic E-state index is 2.85. The molecule has 1 unspecified atom stereocenters. The number of rotatable bonds is 22. The van der Waals surface area contributed by atoms with Crippen LogP contribution in [-0.2, 0) is 0 Å². The van der Waals surface area contributed by atoms with Crippen LogP contribution in [0.5, 0.6) is 0 Å². The molecule has 0 fully saturated rings. The van der Waals surface area contributed by atoms with Gasteiger partial charge in [0.25, 0.3) is 0 Å². The van der Waals surface area contributed by atoms with Crippen LogP contribution in [0, 0.1) is 5.41 Å². The molecule has 1 atom stereocenters. The molecule has 164 valence electrons. The van der Waals surface area contributed by atoms with Gasteiger partial charge < -0.3 is 0 Å². The van der Waals surface area contributed by atoms with Crippen molar-refractivity contribution in [2.24, 2.45) is 5.41 Å². The summed E-state index contributed by atoms with van der Waals surface area (Å²) >= 11 is 0. The number of hydrogen-bond acceptors (Lipinski definition) is 0. The van der Waals surface area contributed by atoms with Crippen LogP contribution in [0.2, 0.25) is 0 Å². The zero-order valence-electron chi connectivity index (χ0n) is 19.6. The van der Waals surface area contributed by atoms with Gasteiger partial charge in [-0.05, 0) is 43.7 Å². The van der Waals surface area contributed by atoms with E-state index >= 15 is 0 Å². The maximum atomic E-state index is 2.85. The highest BCUT2D eigenvalue weighted by molar-refractivity contribution is 7.16. The van der Waals surface area contributed by atoms with Gasteiger partial charge in [0, 0.05) is 0 Å². The Labute approximate surface area is 176 Å². The fourth-order valence-electron chi connectivity index (χ4n) is 4.64. The predicted octanol–water partition coefficient (Wildman–Crippen LogP) is 10.1. The molecule has 0 spiro atoms. The summed E-state index contributed by atoms with van der Waals surface area (Å²) in [6, 6.07) is 0. The van der Waals surface area contributed by atoms with Gasteiger partial charge >= 0.3 is 0 Å². The van der Waals surface area contributed by atoms with Crippen molar-refractivity contribution in [3.05, 3.63) is 0 Å². The van der Waals surface area contributed by atoms with E-state index in [4.69, 9.17) is 0 Å². The van der Waals surface area contributed by atoms with E-state index in [0.717, 1.165) is 0 Å². The molecule has 0 aliphatic heterocycles. The molecule has 0 aromatic rings. The Hall–Kier alpha value is 0.430. The normalized spacial score (nSPS) is 12.0. The third kappa shape index (κ3) is 17.0. The zero-order valence-corrected chi connectivity index (χ0v) is 20.8. The van der Waals surface area contributed by atoms with Gasteiger partial charge in [-0.2, -0.15) is 0 Å². The highest BCUT2D eigenvalue weighted by Gasteiger charge is 2.27. The summed E-state index contributed by atoms with van der Waals surface area (Å²) in [5, 5.41) is 0. The summed E-state index contributed by atoms with van der Waals surface area (Å²) < 4.78 is 0. The SMILES string of the molecule is CCCCC(CCCC)(CCCC)CCCCCCCCCCCCCP. The minimum atomic E-state index is 0.693. The summed E-state index contributed by atoms with van der Waals surface area (Å²) in [4.78, 5) is 0. The molecule has 1 heteroatoms. The van der Waals surface area contributed by atoms with Gasteiger partial charge in [-0.15, -0.1) is 9.24 Å². The van der Waals surface area contributed by atoms with Crippen molar-refractivity contribution in [2.45, 2.75) is 156 Å². The first-order chi connectivity index (χ1) is 13.2. The lowest BCUT2D eigenvalue weighted by Gasteiger charge is -2.35. The zero-order chi connectivity index (χ0) is 20.1. The lowest BCUT2D eigenvalue weighted by Crippen LogP contribution is -2.21. The minimum Gasteiger partial charge on any atom is -0.138 e. The van der Waals surface area contributed by atoms with E-state index in [-0.39, 0.29) is 0 Å². The molecule has 0 aromatic heterocycles. The van der Waals surface area contributed by atoms with Crippen LogP contribution >= 0.6 is 9.24 Å². The maximum Gasteiger partial charge on any atom is -0.0297 e. The third-order valence-corrected chi connectivity index (χ3v) is 7.00. The van der Waals surface area contributed by atoms with Crippen LogP contribution in [-0.4, -0.2) is 6.16 Å². The summed E-state index contributed by atoms with van der Waals surface area (Å²) in [5.74, 6) is 0. The first kappa shape index (κ1) is 27.4. The molecule has 0 N–H and O–H groups in total. The van der Waals surface area contributed by atoms with Gasteiger partial charge in [0.15, 0.2) is 0 Å². The van der Waals surface area contributed by atoms with Gasteiger partial charge in [-0.3, -0.25) is 0 Å². The molecular formula is C26H55P. The van der Waals surface area contributed by atoms with E-state index in [9.17, 15) is 0 Å². The quantitative estimate of drug-likeness (QED) is 0.126. The van der Waals surface area contributed by atoms with Crippen LogP contribution in [0.4, 0.5) is 0 Å². The van der Waals surface area contributed by atoms with Crippen LogP contribution in [0.25, 0.3) is 0 Å². The Morgan fingerprint density at radius 1 is 0.407 bits per heavy atom. The smallest absolute Gasteiger partial charge is 0.0297 e. The second-order valence-corrected chi connectivity index (χ2v) is 9.82. The van der Waals surface area contributed by atoms with Gasteiger partial charge in [-0.25, -0.2) is 0 Å². The second kappa shape index (κ2) is 21.1. The van der Waals surface area contributed by atoms with E-state index < -0.39 is 0 Å². The van der Waals surface area contributed by atoms with Crippen molar-refractivity contribution in [1.29, 1.82) is 0 Å². The summed E-state index contributed by atoms with van der Waals surface area (Å²) in [7, 11) is 2.85. The topological polar surface area (TPSA) is 0 Å². The van der Waals surface area contributed by atoms with Crippen LogP contribution in [0.15, 0.2) is 0 Å². The molecule has 0 aromatic carbocycles. The molecule has 0 bridgehead atoms. The fourth-order valence-corrected chi connectivity index (χ4v) is 4.93. The highest BCUT2D eigenvalue weighted by atomic mass is 31.0. The summed E-state index contributed by atoms with van der Waals surface area (Å²) in [6.07, 6.45) is 31.9. The molecule has 0 nitrogen and oxygen atoms in total. The van der Waals surface area contributed by atoms with Crippen molar-refractivity contribution in [3.63, 3.8) is 0 Å². The Morgan fingerprint density at radius 3 is 1.04 bits per heavy atom. The Bertz CT molecular complexity index is 252. The Kier molecular flexibility index (Phi) is 21.5. The van der Waals surface area contributed by atoms with Crippen molar-refractivity contribution >= 4 is 9.24 Å². The lowest BCUT2D eigenvalue weighted by molar-refractivity contribution is 0.175. The van der Waals surface area contributed by atoms with Crippen molar-refractivity contribution in [1.82, 2.24) is 0 Å². The molecule has 0 rings (SSSR count). The first-order valence-corrected chi connectivity index (χ1v) is 13.8. The van der Waals surface area contributed by atoms with Crippen LogP contribution in [0.3, 0.4) is 0 Å². The van der Waals surface area contributed by atoms with Gasteiger partial charge in [0.05, 0.1) is 0 Å². The molecule has 0 saturated carbocycles. The Morgan fingerprint density at radius 2 is 0.704 bits per heavy atom. The highest BCUT2D eigenvalue weighted by Crippen LogP contribution is 2.41. The average molecular weight is 399 g/mol. The molecule has 0 radical (unpaired) electrons. The van der Waals surface area contributed by atoms with E-state index in [1.165, 1.54) is 141 Å². The molecule has 0 heterocycles. The van der Waals surface area contributed by atoms with E-state index in [0.29, 0.717) is 5.41 Å². The van der Waals surface area contributed by atoms with Gasteiger partial charge in [-0.1, -0.05) is 124 Å². The van der Waals surface area contributed by atoms with E-state index in [1.54, 1.807) is 0 Å². The van der Waals surface area contributed by atoms with Gasteiger partial charge in [0.1, 0.15) is 0 Å². The first-order valence-electron chi connectivity index (χ1n) is 12.9. The second-order valence-electron chi connectivity index (χ2n) is 9.24. The fraction of sp³-hybridized carbons (Fsp3) is 1.00. The average Bonchev–Trinajstić information content (AvgIpc) is 2.69. The van der Waals surface area contributed by atoms with Crippen LogP contribution in [0.1, 0.15) is 156 Å². The number of hydrogen-bond donors (Lipinski definition) is 0. The van der Waals surface area contributed by atoms with Gasteiger partial charge in [0.2, 0.25) is 0 Å². The monoisotopic (exact) mass is 398 g/mol. The minimum absolute atomic E-state index is 0.693. The van der Waals surface area contributed by atoms with E-state index in [2.05, 4.69) is 30.0 Å². The predicted molar refractivity (Wildman–Crippen MR) is 131 cm³/mol. The molecule has 0 aliphatic rings. The van der Waals surface area contributed by atoms with Crippen LogP contribution < -0.4 is 0 Å². The van der Waals surface area contributed by atoms with Crippen molar-refractivity contribution in [3.8, 4) is 0 Å². The standard InChI is InChI=1S/C26H55P/c1-4-7-21-26(22-8-5-2,23-9-6-3)24-19-17-15-13-11-10-12-14-16-18-20-25-27/h4-25,27H2,1-3H3. The number of unbranched alkanes of at least 4 members (excludes halogenated alkanes) is 13. The molecule has 0 aliphatic carbocycles. The summed E-state index contributed by atoms with van der Waals surface area (Å²) in [5.41, 5.74) is 0.693. The van der Waals surface area contributed by atoms with Crippen molar-refractivity contribution in [2.75, 3.05) is 6.16 Å². The molecular weight excluding hydrogens is 343 g/mol. The largest absolute Gasteiger partial charge is 0.138 e. The van der Waals surface area contributed by atoms with Crippen molar-refractivity contribution < 1.29 is 0 Å².